The molecule has 1 fully saturated rings. The monoisotopic (exact) mass is 245 g/mol. The van der Waals surface area contributed by atoms with E-state index >= 15 is 0 Å². The third-order valence-electron chi connectivity index (χ3n) is 4.37. The van der Waals surface area contributed by atoms with Gasteiger partial charge in [-0.15, -0.1) is 0 Å². The quantitative estimate of drug-likeness (QED) is 0.882. The van der Waals surface area contributed by atoms with Gasteiger partial charge in [-0.3, -0.25) is 0 Å². The van der Waals surface area contributed by atoms with E-state index in [2.05, 4.69) is 30.4 Å². The van der Waals surface area contributed by atoms with Crippen LogP contribution < -0.4 is 10.1 Å². The van der Waals surface area contributed by atoms with Gasteiger partial charge < -0.3 is 10.1 Å². The van der Waals surface area contributed by atoms with Gasteiger partial charge in [-0.25, -0.2) is 0 Å². The lowest BCUT2D eigenvalue weighted by atomic mass is 9.79. The molecule has 1 saturated carbocycles. The van der Waals surface area contributed by atoms with Crippen molar-refractivity contribution in [1.82, 2.24) is 5.32 Å². The van der Waals surface area contributed by atoms with E-state index in [9.17, 15) is 0 Å². The van der Waals surface area contributed by atoms with Gasteiger partial charge in [0.25, 0.3) is 0 Å². The zero-order valence-corrected chi connectivity index (χ0v) is 11.2. The molecule has 2 unspecified atom stereocenters. The Balaban J connectivity index is 1.83. The number of hydrogen-bond acceptors (Lipinski definition) is 2. The molecule has 1 aromatic carbocycles. The molecule has 1 aromatic rings. The van der Waals surface area contributed by atoms with Crippen molar-refractivity contribution in [2.24, 2.45) is 0 Å². The minimum atomic E-state index is 0.670. The summed E-state index contributed by atoms with van der Waals surface area (Å²) in [4.78, 5) is 0. The second-order valence-corrected chi connectivity index (χ2v) is 5.52. The summed E-state index contributed by atoms with van der Waals surface area (Å²) >= 11 is 0. The van der Waals surface area contributed by atoms with Crippen LogP contribution in [0.3, 0.4) is 0 Å². The van der Waals surface area contributed by atoms with Gasteiger partial charge in [0.05, 0.1) is 6.61 Å². The van der Waals surface area contributed by atoms with Crippen LogP contribution in [0.5, 0.6) is 5.75 Å². The fraction of sp³-hybridized carbons (Fsp3) is 0.625. The number of likely N-dealkylation sites (N-methyl/N-ethyl adjacent to an activating group) is 1. The van der Waals surface area contributed by atoms with Crippen LogP contribution in [0.15, 0.2) is 18.2 Å². The first-order valence-electron chi connectivity index (χ1n) is 7.37. The first kappa shape index (κ1) is 12.0. The summed E-state index contributed by atoms with van der Waals surface area (Å²) < 4.78 is 5.60. The van der Waals surface area contributed by atoms with Crippen LogP contribution >= 0.6 is 0 Å². The van der Waals surface area contributed by atoms with Gasteiger partial charge in [-0.2, -0.15) is 0 Å². The number of fused-ring (bicyclic) bond motifs is 1. The lowest BCUT2D eigenvalue weighted by molar-refractivity contribution is 0.332. The molecule has 0 amide bonds. The maximum Gasteiger partial charge on any atom is 0.122 e. The average molecular weight is 245 g/mol. The highest BCUT2D eigenvalue weighted by Crippen LogP contribution is 2.36. The molecule has 0 radical (unpaired) electrons. The van der Waals surface area contributed by atoms with Crippen molar-refractivity contribution in [3.63, 3.8) is 0 Å². The summed E-state index contributed by atoms with van der Waals surface area (Å²) in [5, 5.41) is 3.67. The largest absolute Gasteiger partial charge is 0.493 e. The predicted molar refractivity (Wildman–Crippen MR) is 74.3 cm³/mol. The molecule has 1 aliphatic heterocycles. The molecular weight excluding hydrogens is 222 g/mol. The molecule has 0 spiro atoms. The Morgan fingerprint density at radius 1 is 1.28 bits per heavy atom. The maximum atomic E-state index is 5.60. The van der Waals surface area contributed by atoms with E-state index < -0.39 is 0 Å². The summed E-state index contributed by atoms with van der Waals surface area (Å²) in [6.07, 6.45) is 6.49. The molecule has 1 N–H and O–H groups in total. The van der Waals surface area contributed by atoms with Crippen LogP contribution in [-0.2, 0) is 6.42 Å². The summed E-state index contributed by atoms with van der Waals surface area (Å²) in [5.74, 6) is 1.80. The van der Waals surface area contributed by atoms with E-state index in [1.807, 2.05) is 0 Å². The number of rotatable bonds is 3. The number of ether oxygens (including phenoxy) is 1. The molecule has 0 bridgehead atoms. The second-order valence-electron chi connectivity index (χ2n) is 5.52. The van der Waals surface area contributed by atoms with Gasteiger partial charge in [0.2, 0.25) is 0 Å². The van der Waals surface area contributed by atoms with Gasteiger partial charge in [-0.05, 0) is 42.5 Å². The minimum absolute atomic E-state index is 0.670. The first-order chi connectivity index (χ1) is 8.88. The third kappa shape index (κ3) is 2.26. The van der Waals surface area contributed by atoms with Gasteiger partial charge in [0, 0.05) is 12.5 Å². The van der Waals surface area contributed by atoms with Gasteiger partial charge in [-0.1, -0.05) is 31.9 Å². The molecule has 1 aliphatic carbocycles. The highest BCUT2D eigenvalue weighted by molar-refractivity contribution is 5.41. The topological polar surface area (TPSA) is 21.3 Å². The lowest BCUT2D eigenvalue weighted by Gasteiger charge is -2.32. The van der Waals surface area contributed by atoms with Crippen LogP contribution in [0.25, 0.3) is 0 Å². The van der Waals surface area contributed by atoms with E-state index in [-0.39, 0.29) is 0 Å². The molecule has 0 saturated heterocycles. The van der Waals surface area contributed by atoms with Crippen LogP contribution in [0.2, 0.25) is 0 Å². The van der Waals surface area contributed by atoms with Crippen LogP contribution in [0, 0.1) is 0 Å². The number of hydrogen-bond donors (Lipinski definition) is 1. The Morgan fingerprint density at radius 2 is 2.17 bits per heavy atom. The minimum Gasteiger partial charge on any atom is -0.493 e. The second kappa shape index (κ2) is 5.31. The fourth-order valence-corrected chi connectivity index (χ4v) is 3.47. The van der Waals surface area contributed by atoms with Crippen LogP contribution in [0.4, 0.5) is 0 Å². The van der Waals surface area contributed by atoms with Crippen molar-refractivity contribution in [3.8, 4) is 5.75 Å². The van der Waals surface area contributed by atoms with Crippen molar-refractivity contribution in [3.05, 3.63) is 29.3 Å². The van der Waals surface area contributed by atoms with E-state index in [1.54, 1.807) is 0 Å². The zero-order valence-electron chi connectivity index (χ0n) is 11.2. The molecule has 2 heteroatoms. The van der Waals surface area contributed by atoms with Gasteiger partial charge in [0.1, 0.15) is 5.75 Å². The molecule has 3 rings (SSSR count). The lowest BCUT2D eigenvalue weighted by Crippen LogP contribution is -2.37. The smallest absolute Gasteiger partial charge is 0.122 e. The van der Waals surface area contributed by atoms with E-state index in [0.29, 0.717) is 12.0 Å². The summed E-state index contributed by atoms with van der Waals surface area (Å²) in [5.41, 5.74) is 2.93. The Labute approximate surface area is 110 Å². The van der Waals surface area contributed by atoms with Crippen LogP contribution in [-0.4, -0.2) is 19.2 Å². The molecule has 18 heavy (non-hydrogen) atoms. The first-order valence-corrected chi connectivity index (χ1v) is 7.37. The Kier molecular flexibility index (Phi) is 3.55. The van der Waals surface area contributed by atoms with Crippen molar-refractivity contribution < 1.29 is 4.74 Å². The predicted octanol–water partition coefficient (Wildman–Crippen LogP) is 3.26. The summed E-state index contributed by atoms with van der Waals surface area (Å²) in [7, 11) is 0. The van der Waals surface area contributed by atoms with Crippen molar-refractivity contribution in [2.75, 3.05) is 13.2 Å². The number of nitrogens with one attached hydrogen (secondary N) is 1. The highest BCUT2D eigenvalue weighted by Gasteiger charge is 2.26. The van der Waals surface area contributed by atoms with Gasteiger partial charge in [0.15, 0.2) is 0 Å². The Bertz CT molecular complexity index is 414. The van der Waals surface area contributed by atoms with Crippen molar-refractivity contribution in [2.45, 2.75) is 51.0 Å². The van der Waals surface area contributed by atoms with Gasteiger partial charge >= 0.3 is 0 Å². The van der Waals surface area contributed by atoms with E-state index in [1.165, 1.54) is 36.8 Å². The van der Waals surface area contributed by atoms with Crippen molar-refractivity contribution in [1.29, 1.82) is 0 Å². The van der Waals surface area contributed by atoms with E-state index in [0.717, 1.165) is 25.3 Å². The normalized spacial score (nSPS) is 26.7. The Hall–Kier alpha value is -1.02. The summed E-state index contributed by atoms with van der Waals surface area (Å²) in [6, 6.07) is 7.52. The molecule has 0 aromatic heterocycles. The van der Waals surface area contributed by atoms with Crippen LogP contribution in [0.1, 0.15) is 49.7 Å². The third-order valence-corrected chi connectivity index (χ3v) is 4.37. The highest BCUT2D eigenvalue weighted by atomic mass is 16.5. The zero-order chi connectivity index (χ0) is 12.4. The SMILES string of the molecule is CCNC1CCCCC1c1ccc2c(c1)CCO2. The molecule has 1 heterocycles. The molecule has 98 valence electrons. The fourth-order valence-electron chi connectivity index (χ4n) is 3.47. The average Bonchev–Trinajstić information content (AvgIpc) is 2.87. The Morgan fingerprint density at radius 3 is 3.06 bits per heavy atom. The van der Waals surface area contributed by atoms with E-state index in [4.69, 9.17) is 4.74 Å². The van der Waals surface area contributed by atoms with Crippen molar-refractivity contribution >= 4 is 0 Å². The summed E-state index contributed by atoms with van der Waals surface area (Å²) in [6.45, 7) is 4.15. The molecule has 2 atom stereocenters. The molecule has 2 aliphatic rings. The molecular formula is C16H23NO. The number of benzene rings is 1. The standard InChI is InChI=1S/C16H23NO/c1-2-17-15-6-4-3-5-14(15)12-7-8-16-13(11-12)9-10-18-16/h7-8,11,14-15,17H,2-6,9-10H2,1H3. The maximum absolute atomic E-state index is 5.60. The molecule has 2 nitrogen and oxygen atoms in total.